The number of ether oxygens (including phenoxy) is 1. The molecule has 1 aliphatic rings. The summed E-state index contributed by atoms with van der Waals surface area (Å²) >= 11 is 5.73. The standard InChI is InChI=1S/C26H20ClF2N5O3/c27-19-13-17(3-5-21(19)29)32-26(36)31-16-2-4-20(28)18(12-16)25(35)15-1-6-22-23(11-15)33-24(14-30-22)34-7-9-37-10-8-34/h1-6,11-14H,7-10H2,(H2,31,32,36). The van der Waals surface area contributed by atoms with Crippen molar-refractivity contribution in [2.24, 2.45) is 0 Å². The summed E-state index contributed by atoms with van der Waals surface area (Å²) in [6.07, 6.45) is 1.68. The highest BCUT2D eigenvalue weighted by Gasteiger charge is 2.18. The van der Waals surface area contributed by atoms with E-state index in [9.17, 15) is 18.4 Å². The molecule has 2 amide bonds. The normalized spacial score (nSPS) is 13.4. The zero-order chi connectivity index (χ0) is 25.9. The zero-order valence-electron chi connectivity index (χ0n) is 19.3. The number of nitrogens with one attached hydrogen (secondary N) is 2. The number of nitrogens with zero attached hydrogens (tertiary/aromatic N) is 3. The van der Waals surface area contributed by atoms with Crippen LogP contribution in [0.3, 0.4) is 0 Å². The number of benzene rings is 3. The predicted octanol–water partition coefficient (Wildman–Crippen LogP) is 5.27. The lowest BCUT2D eigenvalue weighted by molar-refractivity contribution is 0.103. The molecule has 1 aromatic heterocycles. The van der Waals surface area contributed by atoms with E-state index in [1.165, 1.54) is 24.3 Å². The number of morpholine rings is 1. The maximum Gasteiger partial charge on any atom is 0.323 e. The lowest BCUT2D eigenvalue weighted by atomic mass is 10.0. The van der Waals surface area contributed by atoms with E-state index >= 15 is 0 Å². The highest BCUT2D eigenvalue weighted by molar-refractivity contribution is 6.31. The molecule has 188 valence electrons. The Hall–Kier alpha value is -4.15. The SMILES string of the molecule is O=C(Nc1ccc(F)c(Cl)c1)Nc1ccc(F)c(C(=O)c2ccc3ncc(N4CCOCC4)nc3c2)c1. The molecule has 37 heavy (non-hydrogen) atoms. The van der Waals surface area contributed by atoms with Crippen LogP contribution in [0, 0.1) is 11.6 Å². The van der Waals surface area contributed by atoms with Crippen LogP contribution >= 0.6 is 11.6 Å². The van der Waals surface area contributed by atoms with E-state index in [4.69, 9.17) is 16.3 Å². The minimum atomic E-state index is -0.741. The molecular formula is C26H20ClF2N5O3. The molecule has 11 heteroatoms. The van der Waals surface area contributed by atoms with Crippen molar-refractivity contribution in [3.63, 3.8) is 0 Å². The van der Waals surface area contributed by atoms with Gasteiger partial charge in [-0.3, -0.25) is 9.78 Å². The number of ketones is 1. The van der Waals surface area contributed by atoms with Gasteiger partial charge in [0.1, 0.15) is 17.5 Å². The van der Waals surface area contributed by atoms with Crippen LogP contribution in [0.25, 0.3) is 11.0 Å². The highest BCUT2D eigenvalue weighted by atomic mass is 35.5. The number of fused-ring (bicyclic) bond motifs is 1. The molecule has 0 saturated carbocycles. The summed E-state index contributed by atoms with van der Waals surface area (Å²) in [5, 5.41) is 4.88. The molecule has 0 aliphatic carbocycles. The molecule has 8 nitrogen and oxygen atoms in total. The topological polar surface area (TPSA) is 96.5 Å². The third kappa shape index (κ3) is 5.50. The molecule has 2 heterocycles. The quantitative estimate of drug-likeness (QED) is 0.346. The van der Waals surface area contributed by atoms with Crippen molar-refractivity contribution in [3.8, 4) is 0 Å². The Kier molecular flexibility index (Phi) is 6.93. The van der Waals surface area contributed by atoms with Crippen LogP contribution in [-0.4, -0.2) is 48.1 Å². The fraction of sp³-hybridized carbons (Fsp3) is 0.154. The van der Waals surface area contributed by atoms with Crippen LogP contribution in [0.2, 0.25) is 5.02 Å². The van der Waals surface area contributed by atoms with Gasteiger partial charge in [0.05, 0.1) is 41.0 Å². The van der Waals surface area contributed by atoms with Gasteiger partial charge in [0.2, 0.25) is 0 Å². The van der Waals surface area contributed by atoms with Crippen LogP contribution in [0.4, 0.5) is 30.8 Å². The van der Waals surface area contributed by atoms with E-state index in [-0.39, 0.29) is 27.5 Å². The van der Waals surface area contributed by atoms with Gasteiger partial charge in [-0.15, -0.1) is 0 Å². The Bertz CT molecular complexity index is 1510. The second-order valence-corrected chi connectivity index (χ2v) is 8.67. The Balaban J connectivity index is 1.36. The number of amides is 2. The number of carbonyl (C=O) groups excluding carboxylic acids is 2. The molecule has 1 fully saturated rings. The van der Waals surface area contributed by atoms with E-state index in [1.807, 2.05) is 4.90 Å². The minimum absolute atomic E-state index is 0.149. The van der Waals surface area contributed by atoms with Crippen LogP contribution in [-0.2, 0) is 4.74 Å². The van der Waals surface area contributed by atoms with Gasteiger partial charge < -0.3 is 20.3 Å². The second kappa shape index (κ2) is 10.5. The van der Waals surface area contributed by atoms with Crippen molar-refractivity contribution < 1.29 is 23.1 Å². The number of hydrogen-bond acceptors (Lipinski definition) is 6. The third-order valence-electron chi connectivity index (χ3n) is 5.77. The molecule has 3 aromatic carbocycles. The Morgan fingerprint density at radius 2 is 1.59 bits per heavy atom. The molecule has 0 spiro atoms. The number of halogens is 3. The second-order valence-electron chi connectivity index (χ2n) is 8.26. The van der Waals surface area contributed by atoms with Gasteiger partial charge in [-0.25, -0.2) is 18.6 Å². The highest BCUT2D eigenvalue weighted by Crippen LogP contribution is 2.23. The third-order valence-corrected chi connectivity index (χ3v) is 6.06. The summed E-state index contributed by atoms with van der Waals surface area (Å²) in [5.74, 6) is -1.26. The molecule has 5 rings (SSSR count). The van der Waals surface area contributed by atoms with Gasteiger partial charge in [0.15, 0.2) is 5.78 Å². The number of urea groups is 1. The number of carbonyl (C=O) groups is 2. The molecule has 2 N–H and O–H groups in total. The summed E-state index contributed by atoms with van der Waals surface area (Å²) < 4.78 is 33.4. The molecule has 0 unspecified atom stereocenters. The van der Waals surface area contributed by atoms with Crippen LogP contribution in [0.5, 0.6) is 0 Å². The van der Waals surface area contributed by atoms with Gasteiger partial charge >= 0.3 is 6.03 Å². The van der Waals surface area contributed by atoms with E-state index in [0.29, 0.717) is 43.2 Å². The summed E-state index contributed by atoms with van der Waals surface area (Å²) in [7, 11) is 0. The van der Waals surface area contributed by atoms with Crippen molar-refractivity contribution >= 4 is 51.6 Å². The van der Waals surface area contributed by atoms with Gasteiger partial charge in [0, 0.05) is 30.0 Å². The van der Waals surface area contributed by atoms with E-state index in [0.717, 1.165) is 12.1 Å². The first-order chi connectivity index (χ1) is 17.9. The first-order valence-corrected chi connectivity index (χ1v) is 11.7. The van der Waals surface area contributed by atoms with E-state index in [2.05, 4.69) is 20.6 Å². The first kappa shape index (κ1) is 24.5. The summed E-state index contributed by atoms with van der Waals surface area (Å²) in [4.78, 5) is 36.7. The van der Waals surface area contributed by atoms with E-state index in [1.54, 1.807) is 24.4 Å². The van der Waals surface area contributed by atoms with Crippen LogP contribution < -0.4 is 15.5 Å². The fourth-order valence-electron chi connectivity index (χ4n) is 3.89. The summed E-state index contributed by atoms with van der Waals surface area (Å²) in [6.45, 7) is 2.56. The van der Waals surface area contributed by atoms with Crippen molar-refractivity contribution in [2.45, 2.75) is 0 Å². The van der Waals surface area contributed by atoms with Crippen LogP contribution in [0.1, 0.15) is 15.9 Å². The zero-order valence-corrected chi connectivity index (χ0v) is 20.1. The Morgan fingerprint density at radius 3 is 2.32 bits per heavy atom. The van der Waals surface area contributed by atoms with Crippen molar-refractivity contribution in [3.05, 3.63) is 88.6 Å². The van der Waals surface area contributed by atoms with Crippen LogP contribution in [0.15, 0.2) is 60.8 Å². The summed E-state index contributed by atoms with van der Waals surface area (Å²) in [5.41, 5.74) is 1.55. The van der Waals surface area contributed by atoms with Gasteiger partial charge in [-0.1, -0.05) is 11.6 Å². The fourth-order valence-corrected chi connectivity index (χ4v) is 4.07. The molecule has 1 aliphatic heterocycles. The molecule has 0 bridgehead atoms. The molecular weight excluding hydrogens is 504 g/mol. The van der Waals surface area contributed by atoms with Crippen molar-refractivity contribution in [1.82, 2.24) is 9.97 Å². The van der Waals surface area contributed by atoms with Gasteiger partial charge in [0.25, 0.3) is 0 Å². The Labute approximate surface area is 215 Å². The lowest BCUT2D eigenvalue weighted by Gasteiger charge is -2.27. The van der Waals surface area contributed by atoms with Gasteiger partial charge in [-0.05, 0) is 54.6 Å². The van der Waals surface area contributed by atoms with Gasteiger partial charge in [-0.2, -0.15) is 0 Å². The average molecular weight is 524 g/mol. The van der Waals surface area contributed by atoms with Crippen molar-refractivity contribution in [1.29, 1.82) is 0 Å². The molecule has 0 atom stereocenters. The number of anilines is 3. The maximum absolute atomic E-state index is 14.6. The monoisotopic (exact) mass is 523 g/mol. The maximum atomic E-state index is 14.6. The average Bonchev–Trinajstić information content (AvgIpc) is 2.91. The summed E-state index contributed by atoms with van der Waals surface area (Å²) in [6, 6.07) is 11.5. The molecule has 0 radical (unpaired) electrons. The predicted molar refractivity (Wildman–Crippen MR) is 136 cm³/mol. The Morgan fingerprint density at radius 1 is 0.892 bits per heavy atom. The molecule has 1 saturated heterocycles. The largest absolute Gasteiger partial charge is 0.378 e. The molecule has 4 aromatic rings. The van der Waals surface area contributed by atoms with Crippen molar-refractivity contribution in [2.75, 3.05) is 41.8 Å². The number of rotatable bonds is 5. The first-order valence-electron chi connectivity index (χ1n) is 11.3. The lowest BCUT2D eigenvalue weighted by Crippen LogP contribution is -2.36. The smallest absolute Gasteiger partial charge is 0.323 e. The minimum Gasteiger partial charge on any atom is -0.378 e. The number of aromatic nitrogens is 2. The van der Waals surface area contributed by atoms with E-state index < -0.39 is 23.4 Å². The number of hydrogen-bond donors (Lipinski definition) is 2.